The van der Waals surface area contributed by atoms with E-state index in [4.69, 9.17) is 23.7 Å². The first-order chi connectivity index (χ1) is 20.9. The molecule has 1 unspecified atom stereocenters. The Bertz CT molecular complexity index is 1410. The number of likely N-dealkylation sites (N-methyl/N-ethyl adjacent to an activating group) is 1. The molecule has 43 heavy (non-hydrogen) atoms. The van der Waals surface area contributed by atoms with Crippen LogP contribution in [0.15, 0.2) is 47.7 Å². The Kier molecular flexibility index (Phi) is 9.24. The van der Waals surface area contributed by atoms with Crippen LogP contribution in [0.25, 0.3) is 0 Å². The highest BCUT2D eigenvalue weighted by molar-refractivity contribution is 5.96. The molecule has 12 nitrogen and oxygen atoms in total. The Hall–Kier alpha value is -4.45. The number of urea groups is 1. The van der Waals surface area contributed by atoms with Crippen molar-refractivity contribution < 1.29 is 38.1 Å². The zero-order valence-corrected chi connectivity index (χ0v) is 25.0. The summed E-state index contributed by atoms with van der Waals surface area (Å²) in [7, 11) is 3.08. The molecule has 12 heteroatoms. The van der Waals surface area contributed by atoms with Crippen molar-refractivity contribution in [2.75, 3.05) is 66.9 Å². The van der Waals surface area contributed by atoms with E-state index in [1.54, 1.807) is 55.3 Å². The Morgan fingerprint density at radius 3 is 2.49 bits per heavy atom. The number of carbonyl (C=O) groups excluding carboxylic acids is 3. The molecule has 2 aromatic rings. The van der Waals surface area contributed by atoms with Gasteiger partial charge in [-0.25, -0.2) is 9.59 Å². The molecular formula is C31H38N4O8. The van der Waals surface area contributed by atoms with Crippen LogP contribution in [0.3, 0.4) is 0 Å². The molecule has 0 aromatic heterocycles. The molecule has 3 aliphatic rings. The molecule has 1 N–H and O–H groups in total. The largest absolute Gasteiger partial charge is 0.493 e. The molecule has 0 radical (unpaired) electrons. The summed E-state index contributed by atoms with van der Waals surface area (Å²) in [5.41, 5.74) is 2.16. The van der Waals surface area contributed by atoms with E-state index in [9.17, 15) is 14.4 Å². The molecule has 1 fully saturated rings. The fourth-order valence-electron chi connectivity index (χ4n) is 5.70. The summed E-state index contributed by atoms with van der Waals surface area (Å²) in [5.74, 6) is 1.65. The predicted molar refractivity (Wildman–Crippen MR) is 156 cm³/mol. The van der Waals surface area contributed by atoms with Gasteiger partial charge in [-0.15, -0.1) is 0 Å². The summed E-state index contributed by atoms with van der Waals surface area (Å²) in [6, 6.07) is 9.48. The molecule has 0 bridgehead atoms. The van der Waals surface area contributed by atoms with Crippen molar-refractivity contribution in [3.63, 3.8) is 0 Å². The number of nitrogens with one attached hydrogen (secondary N) is 1. The van der Waals surface area contributed by atoms with E-state index >= 15 is 0 Å². The first kappa shape index (κ1) is 30.0. The molecule has 2 aromatic carbocycles. The number of hydrogen-bond donors (Lipinski definition) is 1. The lowest BCUT2D eigenvalue weighted by Gasteiger charge is -2.38. The normalized spacial score (nSPS) is 18.7. The number of nitrogens with zero attached hydrogens (tertiary/aromatic N) is 3. The highest BCUT2D eigenvalue weighted by Crippen LogP contribution is 2.37. The summed E-state index contributed by atoms with van der Waals surface area (Å²) in [6.45, 7) is 6.99. The Balaban J connectivity index is 1.42. The van der Waals surface area contributed by atoms with Crippen molar-refractivity contribution in [1.29, 1.82) is 0 Å². The van der Waals surface area contributed by atoms with Crippen LogP contribution in [0, 0.1) is 0 Å². The fraction of sp³-hybridized carbons (Fsp3) is 0.452. The maximum atomic E-state index is 13.5. The van der Waals surface area contributed by atoms with E-state index < -0.39 is 12.0 Å². The maximum Gasteiger partial charge on any atom is 0.338 e. The van der Waals surface area contributed by atoms with E-state index in [0.29, 0.717) is 84.7 Å². The van der Waals surface area contributed by atoms with Crippen LogP contribution in [-0.2, 0) is 9.53 Å². The van der Waals surface area contributed by atoms with Crippen molar-refractivity contribution in [2.24, 2.45) is 0 Å². The molecule has 0 spiro atoms. The third-order valence-corrected chi connectivity index (χ3v) is 7.86. The van der Waals surface area contributed by atoms with Crippen LogP contribution in [0.1, 0.15) is 42.2 Å². The lowest BCUT2D eigenvalue weighted by Crippen LogP contribution is -2.51. The SMILES string of the molecule is CCOC(=O)C1=C(CN2CCCN(C(=O)c3ccc4c(c3)OCO4)CC2)N(CC)C(=O)NC1c1ccc(OC)c(OC)c1. The fourth-order valence-corrected chi connectivity index (χ4v) is 5.70. The van der Waals surface area contributed by atoms with E-state index in [1.165, 1.54) is 7.11 Å². The number of carbonyl (C=O) groups is 3. The second-order valence-electron chi connectivity index (χ2n) is 10.3. The Morgan fingerprint density at radius 2 is 1.74 bits per heavy atom. The Morgan fingerprint density at radius 1 is 0.953 bits per heavy atom. The van der Waals surface area contributed by atoms with Gasteiger partial charge in [-0.1, -0.05) is 6.07 Å². The first-order valence-corrected chi connectivity index (χ1v) is 14.5. The average molecular weight is 595 g/mol. The molecule has 3 aliphatic heterocycles. The number of esters is 1. The van der Waals surface area contributed by atoms with Crippen LogP contribution >= 0.6 is 0 Å². The van der Waals surface area contributed by atoms with Gasteiger partial charge in [0, 0.05) is 50.5 Å². The van der Waals surface area contributed by atoms with Crippen LogP contribution < -0.4 is 24.3 Å². The van der Waals surface area contributed by atoms with Crippen LogP contribution in [-0.4, -0.2) is 99.5 Å². The number of methoxy groups -OCH3 is 2. The van der Waals surface area contributed by atoms with Crippen molar-refractivity contribution in [2.45, 2.75) is 26.3 Å². The van der Waals surface area contributed by atoms with E-state index in [0.717, 1.165) is 6.42 Å². The lowest BCUT2D eigenvalue weighted by atomic mass is 9.93. The number of fused-ring (bicyclic) bond motifs is 1. The third kappa shape index (κ3) is 6.19. The average Bonchev–Trinajstić information content (AvgIpc) is 3.37. The number of benzene rings is 2. The number of ether oxygens (including phenoxy) is 5. The zero-order chi connectivity index (χ0) is 30.5. The molecular weight excluding hydrogens is 556 g/mol. The van der Waals surface area contributed by atoms with E-state index in [2.05, 4.69) is 10.2 Å². The van der Waals surface area contributed by atoms with Gasteiger partial charge in [0.05, 0.1) is 32.4 Å². The minimum absolute atomic E-state index is 0.0766. The highest BCUT2D eigenvalue weighted by Gasteiger charge is 2.39. The molecule has 1 atom stereocenters. The predicted octanol–water partition coefficient (Wildman–Crippen LogP) is 3.18. The number of rotatable bonds is 9. The minimum Gasteiger partial charge on any atom is -0.493 e. The monoisotopic (exact) mass is 594 g/mol. The Labute approximate surface area is 251 Å². The number of amides is 3. The highest BCUT2D eigenvalue weighted by atomic mass is 16.7. The van der Waals surface area contributed by atoms with Gasteiger partial charge in [0.25, 0.3) is 5.91 Å². The van der Waals surface area contributed by atoms with Gasteiger partial charge >= 0.3 is 12.0 Å². The number of hydrogen-bond acceptors (Lipinski definition) is 9. The van der Waals surface area contributed by atoms with Crippen LogP contribution in [0.4, 0.5) is 4.79 Å². The van der Waals surface area contributed by atoms with Gasteiger partial charge in [-0.05, 0) is 56.2 Å². The molecule has 0 saturated carbocycles. The first-order valence-electron chi connectivity index (χ1n) is 14.5. The van der Waals surface area contributed by atoms with Gasteiger partial charge in [-0.3, -0.25) is 14.6 Å². The summed E-state index contributed by atoms with van der Waals surface area (Å²) in [6.07, 6.45) is 0.732. The van der Waals surface area contributed by atoms with Gasteiger partial charge in [0.1, 0.15) is 0 Å². The molecule has 5 rings (SSSR count). The summed E-state index contributed by atoms with van der Waals surface area (Å²) >= 11 is 0. The third-order valence-electron chi connectivity index (χ3n) is 7.86. The van der Waals surface area contributed by atoms with Crippen molar-refractivity contribution in [1.82, 2.24) is 20.0 Å². The van der Waals surface area contributed by atoms with Crippen LogP contribution in [0.5, 0.6) is 23.0 Å². The van der Waals surface area contributed by atoms with E-state index in [1.807, 2.05) is 11.8 Å². The maximum absolute atomic E-state index is 13.5. The van der Waals surface area contributed by atoms with Crippen LogP contribution in [0.2, 0.25) is 0 Å². The van der Waals surface area contributed by atoms with Crippen molar-refractivity contribution >= 4 is 17.9 Å². The molecule has 230 valence electrons. The molecule has 3 amide bonds. The summed E-state index contributed by atoms with van der Waals surface area (Å²) in [5, 5.41) is 2.99. The zero-order valence-electron chi connectivity index (χ0n) is 25.0. The molecule has 1 saturated heterocycles. The minimum atomic E-state index is -0.750. The molecule has 3 heterocycles. The topological polar surface area (TPSA) is 119 Å². The second kappa shape index (κ2) is 13.2. The van der Waals surface area contributed by atoms with Gasteiger partial charge in [0.2, 0.25) is 6.79 Å². The van der Waals surface area contributed by atoms with Gasteiger partial charge in [0.15, 0.2) is 23.0 Å². The summed E-state index contributed by atoms with van der Waals surface area (Å²) in [4.78, 5) is 45.9. The molecule has 0 aliphatic carbocycles. The second-order valence-corrected chi connectivity index (χ2v) is 10.3. The van der Waals surface area contributed by atoms with Gasteiger partial charge < -0.3 is 33.9 Å². The summed E-state index contributed by atoms with van der Waals surface area (Å²) < 4.78 is 27.2. The smallest absolute Gasteiger partial charge is 0.338 e. The van der Waals surface area contributed by atoms with Gasteiger partial charge in [-0.2, -0.15) is 0 Å². The van der Waals surface area contributed by atoms with Crippen molar-refractivity contribution in [3.8, 4) is 23.0 Å². The quantitative estimate of drug-likeness (QED) is 0.437. The van der Waals surface area contributed by atoms with E-state index in [-0.39, 0.29) is 25.3 Å². The van der Waals surface area contributed by atoms with Crippen molar-refractivity contribution in [3.05, 3.63) is 58.8 Å². The standard InChI is InChI=1S/C31H38N4O8/c1-5-35-22(18-33-12-7-13-34(15-14-33)29(36)21-9-11-24-26(17-21)43-19-42-24)27(30(37)41-6-2)28(32-31(35)38)20-8-10-23(39-3)25(16-20)40-4/h8-11,16-17,28H,5-7,12-15,18-19H2,1-4H3,(H,32,38). The lowest BCUT2D eigenvalue weighted by molar-refractivity contribution is -0.139.